The second-order valence-corrected chi connectivity index (χ2v) is 7.87. The van der Waals surface area contributed by atoms with Gasteiger partial charge in [0.1, 0.15) is 24.0 Å². The minimum Gasteiger partial charge on any atom is -0.454 e. The van der Waals surface area contributed by atoms with Gasteiger partial charge in [0.15, 0.2) is 5.82 Å². The quantitative estimate of drug-likeness (QED) is 0.574. The molecule has 7 nitrogen and oxygen atoms in total. The molecule has 4 heterocycles. The first-order valence-corrected chi connectivity index (χ1v) is 10.5. The first-order valence-electron chi connectivity index (χ1n) is 10.5. The van der Waals surface area contributed by atoms with Crippen LogP contribution in [0.25, 0.3) is 11.1 Å². The molecule has 5 rings (SSSR count). The van der Waals surface area contributed by atoms with E-state index in [9.17, 15) is 18.0 Å². The maximum Gasteiger partial charge on any atom is 0.283 e. The Balaban J connectivity index is 1.50. The number of aromatic nitrogens is 2. The van der Waals surface area contributed by atoms with E-state index >= 15 is 0 Å². The standard InChI is InChI=1S/C24H19F3N4O3/c25-18-4-2-1-3-16(18)17-7-9-28-21(31-10-8-24(26,27)14-31)20(17)30-22(32)15-5-6-19(29-13-15)23-33-11-12-34-23/h1-7,9,11-13,23H,8,10,14H2,(H,30,32). The number of carbonyl (C=O) groups is 1. The third kappa shape index (κ3) is 4.26. The van der Waals surface area contributed by atoms with E-state index < -0.39 is 30.5 Å². The molecule has 174 valence electrons. The van der Waals surface area contributed by atoms with Gasteiger partial charge in [-0.1, -0.05) is 18.2 Å². The van der Waals surface area contributed by atoms with Gasteiger partial charge >= 0.3 is 0 Å². The van der Waals surface area contributed by atoms with Gasteiger partial charge in [-0.3, -0.25) is 9.78 Å². The topological polar surface area (TPSA) is 76.6 Å². The van der Waals surface area contributed by atoms with Crippen molar-refractivity contribution in [1.82, 2.24) is 9.97 Å². The number of halogens is 3. The fraction of sp³-hybridized carbons (Fsp3) is 0.208. The molecule has 1 aromatic carbocycles. The third-order valence-corrected chi connectivity index (χ3v) is 5.55. The summed E-state index contributed by atoms with van der Waals surface area (Å²) in [4.78, 5) is 22.9. The Morgan fingerprint density at radius 1 is 1.06 bits per heavy atom. The molecule has 2 aliphatic heterocycles. The van der Waals surface area contributed by atoms with Crippen molar-refractivity contribution < 1.29 is 27.4 Å². The normalized spacial score (nSPS) is 16.9. The molecule has 0 saturated carbocycles. The lowest BCUT2D eigenvalue weighted by atomic mass is 10.0. The van der Waals surface area contributed by atoms with E-state index in [-0.39, 0.29) is 35.6 Å². The highest BCUT2D eigenvalue weighted by Gasteiger charge is 2.40. The molecule has 1 amide bonds. The van der Waals surface area contributed by atoms with Crippen molar-refractivity contribution in [2.45, 2.75) is 18.6 Å². The highest BCUT2D eigenvalue weighted by molar-refractivity contribution is 6.08. The van der Waals surface area contributed by atoms with E-state index in [0.29, 0.717) is 11.3 Å². The lowest BCUT2D eigenvalue weighted by Crippen LogP contribution is -2.27. The first-order chi connectivity index (χ1) is 16.4. The molecule has 0 atom stereocenters. The molecule has 0 radical (unpaired) electrons. The van der Waals surface area contributed by atoms with Crippen LogP contribution in [0.4, 0.5) is 24.7 Å². The number of anilines is 2. The van der Waals surface area contributed by atoms with Crippen molar-refractivity contribution in [3.8, 4) is 11.1 Å². The number of carbonyl (C=O) groups excluding carboxylic acids is 1. The number of benzene rings is 1. The molecule has 2 aromatic heterocycles. The summed E-state index contributed by atoms with van der Waals surface area (Å²) in [7, 11) is 0. The summed E-state index contributed by atoms with van der Waals surface area (Å²) in [5.74, 6) is -3.80. The van der Waals surface area contributed by atoms with Crippen LogP contribution in [-0.4, -0.2) is 34.9 Å². The zero-order valence-corrected chi connectivity index (χ0v) is 17.7. The van der Waals surface area contributed by atoms with Gasteiger partial charge in [0, 0.05) is 36.5 Å². The van der Waals surface area contributed by atoms with Gasteiger partial charge in [-0.2, -0.15) is 0 Å². The largest absolute Gasteiger partial charge is 0.454 e. The molecule has 0 unspecified atom stereocenters. The molecule has 0 spiro atoms. The molecule has 1 N–H and O–H groups in total. The summed E-state index contributed by atoms with van der Waals surface area (Å²) in [6, 6.07) is 10.7. The van der Waals surface area contributed by atoms with Gasteiger partial charge in [-0.05, 0) is 24.3 Å². The van der Waals surface area contributed by atoms with Crippen molar-refractivity contribution in [1.29, 1.82) is 0 Å². The molecule has 34 heavy (non-hydrogen) atoms. The second kappa shape index (κ2) is 8.69. The minimum atomic E-state index is -2.88. The Morgan fingerprint density at radius 3 is 2.53 bits per heavy atom. The van der Waals surface area contributed by atoms with Crippen LogP contribution in [0.3, 0.4) is 0 Å². The van der Waals surface area contributed by atoms with Gasteiger partial charge in [0.25, 0.3) is 18.1 Å². The smallest absolute Gasteiger partial charge is 0.283 e. The van der Waals surface area contributed by atoms with Crippen LogP contribution in [0.15, 0.2) is 67.4 Å². The van der Waals surface area contributed by atoms with Gasteiger partial charge in [0.2, 0.25) is 0 Å². The third-order valence-electron chi connectivity index (χ3n) is 5.55. The average Bonchev–Trinajstić information content (AvgIpc) is 3.49. The van der Waals surface area contributed by atoms with Crippen molar-refractivity contribution in [3.05, 3.63) is 84.5 Å². The molecule has 10 heteroatoms. The number of pyridine rings is 2. The highest BCUT2D eigenvalue weighted by atomic mass is 19.3. The molecule has 0 aliphatic carbocycles. The lowest BCUT2D eigenvalue weighted by molar-refractivity contribution is -0.0279. The molecule has 1 saturated heterocycles. The van der Waals surface area contributed by atoms with E-state index in [1.165, 1.54) is 48.0 Å². The molecular formula is C24H19F3N4O3. The molecular weight excluding hydrogens is 449 g/mol. The molecule has 1 fully saturated rings. The Bertz CT molecular complexity index is 1240. The van der Waals surface area contributed by atoms with Crippen LogP contribution >= 0.6 is 0 Å². The van der Waals surface area contributed by atoms with Crippen molar-refractivity contribution in [2.75, 3.05) is 23.3 Å². The highest BCUT2D eigenvalue weighted by Crippen LogP contribution is 2.39. The first kappa shape index (κ1) is 21.7. The summed E-state index contributed by atoms with van der Waals surface area (Å²) >= 11 is 0. The number of alkyl halides is 2. The van der Waals surface area contributed by atoms with Crippen molar-refractivity contribution in [2.24, 2.45) is 0 Å². The predicted octanol–water partition coefficient (Wildman–Crippen LogP) is 4.90. The Morgan fingerprint density at radius 2 is 1.85 bits per heavy atom. The van der Waals surface area contributed by atoms with Gasteiger partial charge in [0.05, 0.1) is 17.8 Å². The number of hydrogen-bond acceptors (Lipinski definition) is 6. The maximum atomic E-state index is 14.6. The van der Waals surface area contributed by atoms with E-state index in [1.807, 2.05) is 0 Å². The lowest BCUT2D eigenvalue weighted by Gasteiger charge is -2.23. The summed E-state index contributed by atoms with van der Waals surface area (Å²) < 4.78 is 53.0. The summed E-state index contributed by atoms with van der Waals surface area (Å²) in [5.41, 5.74) is 1.36. The summed E-state index contributed by atoms with van der Waals surface area (Å²) in [6.07, 6.45) is 4.52. The SMILES string of the molecule is O=C(Nc1c(-c2ccccc2F)ccnc1N1CCC(F)(F)C1)c1ccc(C2OC=CO2)nc1. The number of hydrogen-bond donors (Lipinski definition) is 1. The van der Waals surface area contributed by atoms with Crippen LogP contribution in [-0.2, 0) is 9.47 Å². The van der Waals surface area contributed by atoms with Crippen molar-refractivity contribution >= 4 is 17.4 Å². The predicted molar refractivity (Wildman–Crippen MR) is 118 cm³/mol. The fourth-order valence-corrected chi connectivity index (χ4v) is 3.88. The van der Waals surface area contributed by atoms with E-state index in [0.717, 1.165) is 0 Å². The number of nitrogens with one attached hydrogen (secondary N) is 1. The second-order valence-electron chi connectivity index (χ2n) is 7.87. The number of ether oxygens (including phenoxy) is 2. The van der Waals surface area contributed by atoms with E-state index in [1.54, 1.807) is 24.3 Å². The van der Waals surface area contributed by atoms with Gasteiger partial charge < -0.3 is 19.7 Å². The number of rotatable bonds is 5. The van der Waals surface area contributed by atoms with Crippen LogP contribution in [0.5, 0.6) is 0 Å². The summed E-state index contributed by atoms with van der Waals surface area (Å²) in [6.45, 7) is -0.495. The maximum absolute atomic E-state index is 14.6. The van der Waals surface area contributed by atoms with Crippen LogP contribution in [0.1, 0.15) is 28.8 Å². The average molecular weight is 468 g/mol. The van der Waals surface area contributed by atoms with Gasteiger partial charge in [-0.15, -0.1) is 0 Å². The van der Waals surface area contributed by atoms with Crippen molar-refractivity contribution in [3.63, 3.8) is 0 Å². The zero-order valence-electron chi connectivity index (χ0n) is 17.7. The fourth-order valence-electron chi connectivity index (χ4n) is 3.88. The molecule has 3 aromatic rings. The Kier molecular flexibility index (Phi) is 5.56. The van der Waals surface area contributed by atoms with Crippen LogP contribution < -0.4 is 10.2 Å². The molecule has 0 bridgehead atoms. The number of amides is 1. The van der Waals surface area contributed by atoms with E-state index in [2.05, 4.69) is 15.3 Å². The monoisotopic (exact) mass is 468 g/mol. The minimum absolute atomic E-state index is 0.0509. The van der Waals surface area contributed by atoms with Crippen LogP contribution in [0, 0.1) is 5.82 Å². The van der Waals surface area contributed by atoms with Gasteiger partial charge in [-0.25, -0.2) is 18.2 Å². The molecule has 2 aliphatic rings. The Hall–Kier alpha value is -4.08. The number of nitrogens with zero attached hydrogens (tertiary/aromatic N) is 3. The van der Waals surface area contributed by atoms with Crippen LogP contribution in [0.2, 0.25) is 0 Å². The Labute approximate surface area is 192 Å². The summed E-state index contributed by atoms with van der Waals surface area (Å²) in [5, 5.41) is 2.74. The van der Waals surface area contributed by atoms with E-state index in [4.69, 9.17) is 9.47 Å². The zero-order chi connectivity index (χ0) is 23.7.